The normalized spacial score (nSPS) is 9.27. The van der Waals surface area contributed by atoms with Gasteiger partial charge in [-0.25, -0.2) is 0 Å². The van der Waals surface area contributed by atoms with Crippen LogP contribution < -0.4 is 4.74 Å². The SMILES string of the molecule is O=Cc1ccc(Oc2ccccc2)cc1.Oc1ccccc1.[2HH]. The fourth-order valence-corrected chi connectivity index (χ4v) is 1.67. The van der Waals surface area contributed by atoms with E-state index in [1.165, 1.54) is 0 Å². The van der Waals surface area contributed by atoms with E-state index >= 15 is 0 Å². The quantitative estimate of drug-likeness (QED) is 0.697. The first-order valence-corrected chi connectivity index (χ1v) is 6.80. The maximum Gasteiger partial charge on any atom is 0.150 e. The number of phenolic OH excluding ortho intramolecular Hbond substituents is 1. The monoisotopic (exact) mass is 295 g/mol. The van der Waals surface area contributed by atoms with Gasteiger partial charge in [-0.15, -0.1) is 0 Å². The van der Waals surface area contributed by atoms with Gasteiger partial charge in [0.25, 0.3) is 0 Å². The highest BCUT2D eigenvalue weighted by molar-refractivity contribution is 5.74. The highest BCUT2D eigenvalue weighted by atomic mass is 16.5. The number of aldehydes is 1. The van der Waals surface area contributed by atoms with Gasteiger partial charge >= 0.3 is 0 Å². The maximum absolute atomic E-state index is 10.4. The van der Waals surface area contributed by atoms with Gasteiger partial charge in [0.05, 0.1) is 0 Å². The van der Waals surface area contributed by atoms with E-state index in [4.69, 9.17) is 9.84 Å². The summed E-state index contributed by atoms with van der Waals surface area (Å²) in [6.07, 6.45) is 0.812. The first-order chi connectivity index (χ1) is 10.8. The zero-order chi connectivity index (χ0) is 15.6. The van der Waals surface area contributed by atoms with Crippen molar-refractivity contribution in [3.63, 3.8) is 0 Å². The largest absolute Gasteiger partial charge is 0.508 e. The van der Waals surface area contributed by atoms with Crippen LogP contribution in [0, 0.1) is 0 Å². The number of carbonyl (C=O) groups is 1. The van der Waals surface area contributed by atoms with E-state index < -0.39 is 0 Å². The lowest BCUT2D eigenvalue weighted by molar-refractivity contribution is 0.112. The molecule has 0 bridgehead atoms. The minimum atomic E-state index is 0. The number of phenols is 1. The summed E-state index contributed by atoms with van der Waals surface area (Å²) in [6.45, 7) is 0. The lowest BCUT2D eigenvalue weighted by Gasteiger charge is -2.04. The first kappa shape index (κ1) is 15.3. The molecule has 22 heavy (non-hydrogen) atoms. The van der Waals surface area contributed by atoms with Crippen molar-refractivity contribution in [3.05, 3.63) is 90.5 Å². The average molecular weight is 295 g/mol. The van der Waals surface area contributed by atoms with E-state index in [1.54, 1.807) is 48.5 Å². The van der Waals surface area contributed by atoms with Gasteiger partial charge < -0.3 is 9.84 Å². The molecule has 0 fully saturated rings. The maximum atomic E-state index is 10.4. The standard InChI is InChI=1S/C13H10O2.C6H6O.H2/c14-10-11-6-8-13(9-7-11)15-12-4-2-1-3-5-12;7-6-4-2-1-3-5-6;/h1-10H;1-5,7H;1H/i;;1+1. The average Bonchev–Trinajstić information content (AvgIpc) is 2.58. The molecule has 0 spiro atoms. The summed E-state index contributed by atoms with van der Waals surface area (Å²) < 4.78 is 5.56. The molecule has 0 amide bonds. The van der Waals surface area contributed by atoms with E-state index in [2.05, 4.69) is 0 Å². The number of carbonyl (C=O) groups excluding carboxylic acids is 1. The Morgan fingerprint density at radius 2 is 1.23 bits per heavy atom. The van der Waals surface area contributed by atoms with Crippen molar-refractivity contribution in [2.45, 2.75) is 0 Å². The third kappa shape index (κ3) is 5.13. The molecule has 0 heterocycles. The molecular formula is C19H18O3. The predicted molar refractivity (Wildman–Crippen MR) is 88.6 cm³/mol. The number of hydrogen-bond donors (Lipinski definition) is 1. The summed E-state index contributed by atoms with van der Waals surface area (Å²) in [6, 6.07) is 25.2. The zero-order valence-electron chi connectivity index (χ0n) is 11.9. The van der Waals surface area contributed by atoms with Crippen molar-refractivity contribution >= 4 is 6.29 Å². The second-order valence-corrected chi connectivity index (χ2v) is 4.44. The molecule has 3 nitrogen and oxygen atoms in total. The molecule has 0 saturated carbocycles. The Balaban J connectivity index is 0.000000280. The summed E-state index contributed by atoms with van der Waals surface area (Å²) in [5.74, 6) is 1.84. The first-order valence-electron chi connectivity index (χ1n) is 6.80. The topological polar surface area (TPSA) is 46.5 Å². The third-order valence-corrected chi connectivity index (χ3v) is 2.75. The van der Waals surface area contributed by atoms with Gasteiger partial charge in [-0.3, -0.25) is 4.79 Å². The van der Waals surface area contributed by atoms with Crippen LogP contribution in [-0.2, 0) is 0 Å². The molecule has 3 aromatic rings. The van der Waals surface area contributed by atoms with Crippen LogP contribution in [0.1, 0.15) is 11.8 Å². The summed E-state index contributed by atoms with van der Waals surface area (Å²) in [5, 5.41) is 8.63. The number of aromatic hydroxyl groups is 1. The van der Waals surface area contributed by atoms with Crippen LogP contribution in [-0.4, -0.2) is 11.4 Å². The Morgan fingerprint density at radius 1 is 0.727 bits per heavy atom. The van der Waals surface area contributed by atoms with Gasteiger partial charge in [-0.1, -0.05) is 36.4 Å². The van der Waals surface area contributed by atoms with E-state index in [-0.39, 0.29) is 1.43 Å². The van der Waals surface area contributed by atoms with Crippen LogP contribution in [0.25, 0.3) is 0 Å². The second-order valence-electron chi connectivity index (χ2n) is 4.44. The Morgan fingerprint density at radius 3 is 1.68 bits per heavy atom. The second kappa shape index (κ2) is 8.27. The van der Waals surface area contributed by atoms with Crippen molar-refractivity contribution in [1.29, 1.82) is 0 Å². The zero-order valence-corrected chi connectivity index (χ0v) is 11.9. The molecule has 0 aliphatic rings. The summed E-state index contributed by atoms with van der Waals surface area (Å²) in [5.41, 5.74) is 0.649. The van der Waals surface area contributed by atoms with E-state index in [0.29, 0.717) is 11.3 Å². The molecule has 0 radical (unpaired) electrons. The molecule has 0 aliphatic heterocycles. The van der Waals surface area contributed by atoms with Gasteiger partial charge in [0.1, 0.15) is 23.5 Å². The molecule has 1 N–H and O–H groups in total. The third-order valence-electron chi connectivity index (χ3n) is 2.75. The van der Waals surface area contributed by atoms with Crippen LogP contribution >= 0.6 is 0 Å². The molecule has 3 aromatic carbocycles. The Hall–Kier alpha value is -3.07. The van der Waals surface area contributed by atoms with Crippen molar-refractivity contribution in [2.75, 3.05) is 0 Å². The van der Waals surface area contributed by atoms with E-state index in [9.17, 15) is 4.79 Å². The molecule has 3 rings (SSSR count). The molecule has 0 unspecified atom stereocenters. The number of para-hydroxylation sites is 2. The van der Waals surface area contributed by atoms with Crippen molar-refractivity contribution < 1.29 is 16.1 Å². The van der Waals surface area contributed by atoms with Crippen LogP contribution in [0.15, 0.2) is 84.9 Å². The lowest BCUT2D eigenvalue weighted by Crippen LogP contribution is -1.84. The highest BCUT2D eigenvalue weighted by Gasteiger charge is 1.95. The van der Waals surface area contributed by atoms with Crippen LogP contribution in [0.2, 0.25) is 0 Å². The van der Waals surface area contributed by atoms with Gasteiger partial charge in [0.2, 0.25) is 0 Å². The number of benzene rings is 3. The highest BCUT2D eigenvalue weighted by Crippen LogP contribution is 2.20. The van der Waals surface area contributed by atoms with E-state index in [1.807, 2.05) is 36.4 Å². The number of hydrogen-bond acceptors (Lipinski definition) is 3. The van der Waals surface area contributed by atoms with Crippen molar-refractivity contribution in [3.8, 4) is 17.2 Å². The number of rotatable bonds is 3. The fourth-order valence-electron chi connectivity index (χ4n) is 1.67. The predicted octanol–water partition coefficient (Wildman–Crippen LogP) is 4.93. The van der Waals surface area contributed by atoms with Crippen LogP contribution in [0.3, 0.4) is 0 Å². The van der Waals surface area contributed by atoms with E-state index in [0.717, 1.165) is 17.8 Å². The molecule has 0 aliphatic carbocycles. The van der Waals surface area contributed by atoms with Crippen LogP contribution in [0.4, 0.5) is 0 Å². The molecule has 0 saturated heterocycles. The smallest absolute Gasteiger partial charge is 0.150 e. The van der Waals surface area contributed by atoms with Gasteiger partial charge in [0.15, 0.2) is 0 Å². The molecule has 0 atom stereocenters. The minimum Gasteiger partial charge on any atom is -0.508 e. The Labute approximate surface area is 130 Å². The fraction of sp³-hybridized carbons (Fsp3) is 0. The Kier molecular flexibility index (Phi) is 5.76. The summed E-state index contributed by atoms with van der Waals surface area (Å²) in [7, 11) is 0. The van der Waals surface area contributed by atoms with Gasteiger partial charge in [-0.05, 0) is 48.5 Å². The Bertz CT molecular complexity index is 683. The van der Waals surface area contributed by atoms with Crippen molar-refractivity contribution in [2.24, 2.45) is 0 Å². The summed E-state index contributed by atoms with van der Waals surface area (Å²) in [4.78, 5) is 10.4. The molecular weight excluding hydrogens is 276 g/mol. The summed E-state index contributed by atoms with van der Waals surface area (Å²) >= 11 is 0. The van der Waals surface area contributed by atoms with Crippen LogP contribution in [0.5, 0.6) is 17.2 Å². The number of ether oxygens (including phenoxy) is 1. The van der Waals surface area contributed by atoms with Gasteiger partial charge in [-0.2, -0.15) is 0 Å². The lowest BCUT2D eigenvalue weighted by atomic mass is 10.2. The van der Waals surface area contributed by atoms with Crippen molar-refractivity contribution in [1.82, 2.24) is 0 Å². The molecule has 112 valence electrons. The van der Waals surface area contributed by atoms with Gasteiger partial charge in [0, 0.05) is 6.99 Å². The molecule has 0 aromatic heterocycles. The molecule has 3 heteroatoms. The minimum absolute atomic E-state index is 0.